The van der Waals surface area contributed by atoms with Crippen molar-refractivity contribution in [3.8, 4) is 0 Å². The molecule has 0 fully saturated rings. The summed E-state index contributed by atoms with van der Waals surface area (Å²) in [5, 5.41) is 16.3. The van der Waals surface area contributed by atoms with Gasteiger partial charge in [0.05, 0.1) is 6.42 Å². The van der Waals surface area contributed by atoms with Gasteiger partial charge in [0.1, 0.15) is 8.78 Å². The Kier molecular flexibility index (Phi) is 6.94. The second kappa shape index (κ2) is 7.08. The molecule has 0 aromatic rings. The second-order valence-corrected chi connectivity index (χ2v) is 5.98. The Morgan fingerprint density at radius 2 is 2.00 bits per heavy atom. The summed E-state index contributed by atoms with van der Waals surface area (Å²) in [4.78, 5) is 20.6. The lowest BCUT2D eigenvalue weighted by Gasteiger charge is -2.05. The molecule has 0 saturated heterocycles. The molecule has 1 atom stereocenters. The fourth-order valence-electron chi connectivity index (χ4n) is 0.450. The van der Waals surface area contributed by atoms with Crippen LogP contribution < -0.4 is 0 Å². The number of thioether (sulfide) groups is 2. The fraction of sp³-hybridized carbons (Fsp3) is 0.571. The zero-order valence-corrected chi connectivity index (χ0v) is 9.88. The van der Waals surface area contributed by atoms with E-state index in [0.29, 0.717) is 9.28 Å². The molecular weight excluding hydrogens is 244 g/mol. The lowest BCUT2D eigenvalue weighted by Crippen LogP contribution is -2.12. The highest BCUT2D eigenvalue weighted by molar-refractivity contribution is 8.47. The van der Waals surface area contributed by atoms with Crippen molar-refractivity contribution in [3.63, 3.8) is 0 Å². The predicted octanol–water partition coefficient (Wildman–Crippen LogP) is 1.69. The smallest absolute Gasteiger partial charge is 0.316 e. The highest BCUT2D eigenvalue weighted by atomic mass is 32.2. The molecule has 0 aromatic carbocycles. The van der Waals surface area contributed by atoms with E-state index in [1.165, 1.54) is 18.7 Å². The van der Waals surface area contributed by atoms with Crippen LogP contribution >= 0.6 is 35.7 Å². The van der Waals surface area contributed by atoms with E-state index in [4.69, 9.17) is 22.4 Å². The Hall–Kier alpha value is -0.270. The maximum atomic E-state index is 10.4. The number of hydrogen-bond donors (Lipinski definition) is 2. The number of aliphatic carboxylic acids is 2. The largest absolute Gasteiger partial charge is 0.481 e. The van der Waals surface area contributed by atoms with Crippen LogP contribution in [0.1, 0.15) is 13.3 Å². The first-order chi connectivity index (χ1) is 6.43. The molecule has 0 amide bonds. The van der Waals surface area contributed by atoms with Crippen LogP contribution in [0.25, 0.3) is 0 Å². The number of thiocarbonyl (C=S) groups is 1. The molecule has 0 unspecified atom stereocenters. The van der Waals surface area contributed by atoms with Crippen molar-refractivity contribution >= 4 is 51.2 Å². The minimum Gasteiger partial charge on any atom is -0.481 e. The first kappa shape index (κ1) is 13.7. The third kappa shape index (κ3) is 7.16. The van der Waals surface area contributed by atoms with E-state index in [1.807, 2.05) is 0 Å². The lowest BCUT2D eigenvalue weighted by atomic mass is 10.5. The van der Waals surface area contributed by atoms with Crippen LogP contribution in [0.4, 0.5) is 0 Å². The molecule has 0 aliphatic heterocycles. The normalized spacial score (nSPS) is 12.1. The van der Waals surface area contributed by atoms with Gasteiger partial charge in [0, 0.05) is 5.75 Å². The molecule has 0 aromatic heterocycles. The minimum atomic E-state index is -0.920. The Morgan fingerprint density at radius 1 is 1.43 bits per heavy atom. The summed E-state index contributed by atoms with van der Waals surface area (Å²) in [5.41, 5.74) is 0. The van der Waals surface area contributed by atoms with Crippen molar-refractivity contribution in [2.24, 2.45) is 0 Å². The average Bonchev–Trinajstić information content (AvgIpc) is 2.02. The average molecular weight is 254 g/mol. The summed E-state index contributed by atoms with van der Waals surface area (Å²) < 4.78 is 0.473. The molecule has 0 rings (SSSR count). The van der Waals surface area contributed by atoms with Gasteiger partial charge in [-0.3, -0.25) is 9.59 Å². The van der Waals surface area contributed by atoms with E-state index in [9.17, 15) is 9.59 Å². The van der Waals surface area contributed by atoms with Gasteiger partial charge in [-0.05, 0) is 6.92 Å². The van der Waals surface area contributed by atoms with Crippen LogP contribution in [-0.2, 0) is 9.59 Å². The molecule has 4 nitrogen and oxygen atoms in total. The predicted molar refractivity (Wildman–Crippen MR) is 62.0 cm³/mol. The van der Waals surface area contributed by atoms with Gasteiger partial charge in [0.2, 0.25) is 0 Å². The first-order valence-electron chi connectivity index (χ1n) is 3.71. The summed E-state index contributed by atoms with van der Waals surface area (Å²) in [6.07, 6.45) is 0.0345. The van der Waals surface area contributed by atoms with Crippen LogP contribution in [0.5, 0.6) is 0 Å². The van der Waals surface area contributed by atoms with E-state index in [-0.39, 0.29) is 6.42 Å². The summed E-state index contributed by atoms with van der Waals surface area (Å²) >= 11 is 7.13. The highest BCUT2D eigenvalue weighted by Gasteiger charge is 2.14. The molecular formula is C7H10O4S3. The number of carboxylic acid groups (broad SMARTS) is 2. The zero-order valence-electron chi connectivity index (χ0n) is 7.43. The summed E-state index contributed by atoms with van der Waals surface area (Å²) in [6, 6.07) is 0. The fourth-order valence-corrected chi connectivity index (χ4v) is 2.92. The maximum Gasteiger partial charge on any atom is 0.316 e. The lowest BCUT2D eigenvalue weighted by molar-refractivity contribution is -0.137. The Morgan fingerprint density at radius 3 is 2.43 bits per heavy atom. The second-order valence-electron chi connectivity index (χ2n) is 2.34. The van der Waals surface area contributed by atoms with E-state index in [2.05, 4.69) is 0 Å². The van der Waals surface area contributed by atoms with Crippen molar-refractivity contribution in [2.45, 2.75) is 18.6 Å². The summed E-state index contributed by atoms with van der Waals surface area (Å²) in [6.45, 7) is 1.54. The van der Waals surface area contributed by atoms with Crippen LogP contribution in [0, 0.1) is 0 Å². The van der Waals surface area contributed by atoms with Crippen LogP contribution in [0.3, 0.4) is 0 Å². The maximum absolute atomic E-state index is 10.4. The minimum absolute atomic E-state index is 0.0345. The van der Waals surface area contributed by atoms with E-state index in [1.54, 1.807) is 0 Å². The van der Waals surface area contributed by atoms with Crippen molar-refractivity contribution in [1.82, 2.24) is 0 Å². The number of carboxylic acids is 2. The van der Waals surface area contributed by atoms with Crippen LogP contribution in [-0.4, -0.2) is 36.7 Å². The molecule has 0 saturated carbocycles. The van der Waals surface area contributed by atoms with Crippen LogP contribution in [0.2, 0.25) is 0 Å². The van der Waals surface area contributed by atoms with E-state index in [0.717, 1.165) is 11.8 Å². The molecule has 0 spiro atoms. The number of carbonyl (C=O) groups is 2. The van der Waals surface area contributed by atoms with Gasteiger partial charge >= 0.3 is 11.9 Å². The van der Waals surface area contributed by atoms with Gasteiger partial charge in [-0.2, -0.15) is 0 Å². The molecule has 0 aliphatic rings. The Balaban J connectivity index is 3.65. The Labute approximate surface area is 95.4 Å². The quantitative estimate of drug-likeness (QED) is 0.723. The van der Waals surface area contributed by atoms with E-state index < -0.39 is 17.2 Å². The monoisotopic (exact) mass is 254 g/mol. The summed E-state index contributed by atoms with van der Waals surface area (Å²) in [5.74, 6) is -1.42. The number of rotatable bonds is 5. The van der Waals surface area contributed by atoms with E-state index >= 15 is 0 Å². The third-order valence-electron chi connectivity index (χ3n) is 1.16. The van der Waals surface area contributed by atoms with Crippen molar-refractivity contribution in [2.75, 3.05) is 5.75 Å². The van der Waals surface area contributed by atoms with Gasteiger partial charge in [0.25, 0.3) is 0 Å². The van der Waals surface area contributed by atoms with Crippen molar-refractivity contribution in [3.05, 3.63) is 0 Å². The van der Waals surface area contributed by atoms with Crippen molar-refractivity contribution in [1.29, 1.82) is 0 Å². The molecule has 80 valence electrons. The van der Waals surface area contributed by atoms with Gasteiger partial charge in [-0.25, -0.2) is 0 Å². The van der Waals surface area contributed by atoms with Gasteiger partial charge < -0.3 is 10.2 Å². The van der Waals surface area contributed by atoms with Gasteiger partial charge in [-0.15, -0.1) is 11.8 Å². The first-order valence-corrected chi connectivity index (χ1v) is 5.99. The summed E-state index contributed by atoms with van der Waals surface area (Å²) in [7, 11) is 0. The zero-order chi connectivity index (χ0) is 11.1. The number of hydrogen-bond acceptors (Lipinski definition) is 5. The standard InChI is InChI=1S/C7H10O4S3/c1-4(6(10)11)14-7(12)13-3-2-5(8)9/h4H,2-3H2,1H3,(H,8,9)(H,10,11)/t4-/m0/s1. The highest BCUT2D eigenvalue weighted by Crippen LogP contribution is 2.22. The molecule has 0 aliphatic carbocycles. The molecule has 0 radical (unpaired) electrons. The molecule has 0 bridgehead atoms. The molecule has 14 heavy (non-hydrogen) atoms. The van der Waals surface area contributed by atoms with Crippen molar-refractivity contribution < 1.29 is 19.8 Å². The molecule has 2 N–H and O–H groups in total. The Bertz CT molecular complexity index is 241. The SMILES string of the molecule is C[C@H](SC(=S)SCCC(=O)O)C(=O)O. The van der Waals surface area contributed by atoms with Gasteiger partial charge in [-0.1, -0.05) is 24.0 Å². The topological polar surface area (TPSA) is 74.6 Å². The molecule has 7 heteroatoms. The molecule has 0 heterocycles. The third-order valence-corrected chi connectivity index (χ3v) is 3.83. The van der Waals surface area contributed by atoms with Gasteiger partial charge in [0.15, 0.2) is 0 Å². The van der Waals surface area contributed by atoms with Crippen LogP contribution in [0.15, 0.2) is 0 Å².